The molecule has 3 nitrogen and oxygen atoms in total. The Balaban J connectivity index is 1.99. The van der Waals surface area contributed by atoms with Crippen molar-refractivity contribution in [3.05, 3.63) is 34.9 Å². The Labute approximate surface area is 115 Å². The molecule has 19 heavy (non-hydrogen) atoms. The Hall–Kier alpha value is -1.35. The van der Waals surface area contributed by atoms with Gasteiger partial charge in [0.1, 0.15) is 0 Å². The first-order valence-electron chi connectivity index (χ1n) is 6.97. The molecule has 0 aliphatic carbocycles. The van der Waals surface area contributed by atoms with Crippen LogP contribution in [0.5, 0.6) is 0 Å². The van der Waals surface area contributed by atoms with E-state index < -0.39 is 0 Å². The van der Waals surface area contributed by atoms with Crippen LogP contribution in [0.3, 0.4) is 0 Å². The molecular weight excluding hydrogens is 238 g/mol. The molecule has 104 valence electrons. The number of benzene rings is 1. The first kappa shape index (κ1) is 14.1. The minimum atomic E-state index is 0.166. The number of piperidine rings is 1. The van der Waals surface area contributed by atoms with Crippen molar-refractivity contribution in [1.29, 1.82) is 0 Å². The van der Waals surface area contributed by atoms with Crippen molar-refractivity contribution < 1.29 is 9.53 Å². The molecule has 1 aliphatic rings. The van der Waals surface area contributed by atoms with E-state index in [1.165, 1.54) is 11.1 Å². The van der Waals surface area contributed by atoms with Crippen molar-refractivity contribution in [3.8, 4) is 0 Å². The number of nitrogens with zero attached hydrogens (tertiary/aromatic N) is 1. The first-order chi connectivity index (χ1) is 9.11. The number of ether oxygens (including phenoxy) is 1. The molecule has 1 aromatic rings. The van der Waals surface area contributed by atoms with Gasteiger partial charge >= 0.3 is 0 Å². The van der Waals surface area contributed by atoms with Crippen molar-refractivity contribution in [1.82, 2.24) is 4.90 Å². The van der Waals surface area contributed by atoms with Crippen LogP contribution >= 0.6 is 0 Å². The van der Waals surface area contributed by atoms with Gasteiger partial charge in [-0.1, -0.05) is 6.07 Å². The first-order valence-corrected chi connectivity index (χ1v) is 6.97. The minimum absolute atomic E-state index is 0.166. The van der Waals surface area contributed by atoms with E-state index in [1.807, 2.05) is 23.1 Å². The molecule has 1 fully saturated rings. The van der Waals surface area contributed by atoms with Crippen LogP contribution in [-0.4, -0.2) is 37.6 Å². The maximum atomic E-state index is 12.4. The highest BCUT2D eigenvalue weighted by Crippen LogP contribution is 2.20. The highest BCUT2D eigenvalue weighted by molar-refractivity contribution is 5.94. The number of rotatable bonds is 3. The number of aryl methyl sites for hydroxylation is 2. The number of hydrogen-bond acceptors (Lipinski definition) is 2. The normalized spacial score (nSPS) is 16.7. The van der Waals surface area contributed by atoms with Crippen molar-refractivity contribution in [3.63, 3.8) is 0 Å². The van der Waals surface area contributed by atoms with E-state index in [9.17, 15) is 4.79 Å². The highest BCUT2D eigenvalue weighted by Gasteiger charge is 2.23. The average Bonchev–Trinajstić information content (AvgIpc) is 2.42. The van der Waals surface area contributed by atoms with Gasteiger partial charge in [-0.15, -0.1) is 0 Å². The summed E-state index contributed by atoms with van der Waals surface area (Å²) in [6.45, 7) is 6.63. The molecule has 1 heterocycles. The fourth-order valence-corrected chi connectivity index (χ4v) is 2.60. The van der Waals surface area contributed by atoms with Crippen LogP contribution in [0.15, 0.2) is 18.2 Å². The van der Waals surface area contributed by atoms with E-state index in [-0.39, 0.29) is 5.91 Å². The monoisotopic (exact) mass is 261 g/mol. The van der Waals surface area contributed by atoms with Crippen LogP contribution in [0.4, 0.5) is 0 Å². The summed E-state index contributed by atoms with van der Waals surface area (Å²) in [5.41, 5.74) is 3.23. The molecule has 1 aromatic carbocycles. The fourth-order valence-electron chi connectivity index (χ4n) is 2.60. The van der Waals surface area contributed by atoms with Crippen LogP contribution < -0.4 is 0 Å². The molecular formula is C16H23NO2. The van der Waals surface area contributed by atoms with Crippen molar-refractivity contribution in [2.75, 3.05) is 26.8 Å². The van der Waals surface area contributed by atoms with Crippen molar-refractivity contribution in [2.45, 2.75) is 26.7 Å². The van der Waals surface area contributed by atoms with Gasteiger partial charge in [0.25, 0.3) is 5.91 Å². The second-order valence-corrected chi connectivity index (χ2v) is 5.49. The van der Waals surface area contributed by atoms with Crippen LogP contribution in [-0.2, 0) is 4.74 Å². The van der Waals surface area contributed by atoms with Crippen LogP contribution in [0, 0.1) is 19.8 Å². The van der Waals surface area contributed by atoms with Gasteiger partial charge in [-0.05, 0) is 55.9 Å². The number of carbonyl (C=O) groups is 1. The number of methoxy groups -OCH3 is 1. The van der Waals surface area contributed by atoms with Crippen LogP contribution in [0.25, 0.3) is 0 Å². The Morgan fingerprint density at radius 2 is 1.95 bits per heavy atom. The summed E-state index contributed by atoms with van der Waals surface area (Å²) >= 11 is 0. The summed E-state index contributed by atoms with van der Waals surface area (Å²) in [4.78, 5) is 14.4. The van der Waals surface area contributed by atoms with E-state index in [4.69, 9.17) is 4.74 Å². The Morgan fingerprint density at radius 3 is 2.53 bits per heavy atom. The second kappa shape index (κ2) is 6.20. The number of amides is 1. The van der Waals surface area contributed by atoms with Gasteiger partial charge in [-0.25, -0.2) is 0 Å². The van der Waals surface area contributed by atoms with Gasteiger partial charge in [0.05, 0.1) is 0 Å². The maximum absolute atomic E-state index is 12.4. The quantitative estimate of drug-likeness (QED) is 0.837. The van der Waals surface area contributed by atoms with Gasteiger partial charge < -0.3 is 9.64 Å². The summed E-state index contributed by atoms with van der Waals surface area (Å²) in [7, 11) is 1.74. The van der Waals surface area contributed by atoms with E-state index in [0.29, 0.717) is 5.92 Å². The predicted molar refractivity (Wildman–Crippen MR) is 76.4 cm³/mol. The molecule has 1 amide bonds. The lowest BCUT2D eigenvalue weighted by Gasteiger charge is -2.31. The third kappa shape index (κ3) is 3.35. The van der Waals surface area contributed by atoms with E-state index in [1.54, 1.807) is 7.11 Å². The van der Waals surface area contributed by atoms with Gasteiger partial charge in [0.2, 0.25) is 0 Å². The third-order valence-electron chi connectivity index (χ3n) is 4.06. The molecule has 2 rings (SSSR count). The zero-order valence-electron chi connectivity index (χ0n) is 12.1. The molecule has 0 saturated carbocycles. The van der Waals surface area contributed by atoms with Gasteiger partial charge in [-0.3, -0.25) is 4.79 Å². The molecule has 0 spiro atoms. The molecule has 0 radical (unpaired) electrons. The Kier molecular flexibility index (Phi) is 4.59. The lowest BCUT2D eigenvalue weighted by atomic mass is 9.97. The van der Waals surface area contributed by atoms with E-state index in [2.05, 4.69) is 13.8 Å². The van der Waals surface area contributed by atoms with Crippen LogP contribution in [0.1, 0.15) is 34.3 Å². The van der Waals surface area contributed by atoms with Crippen molar-refractivity contribution >= 4 is 5.91 Å². The largest absolute Gasteiger partial charge is 0.384 e. The average molecular weight is 261 g/mol. The topological polar surface area (TPSA) is 29.5 Å². The summed E-state index contributed by atoms with van der Waals surface area (Å²) in [6, 6.07) is 5.96. The molecule has 0 unspecified atom stereocenters. The molecule has 0 bridgehead atoms. The molecule has 0 aromatic heterocycles. The summed E-state index contributed by atoms with van der Waals surface area (Å²) in [5, 5.41) is 0. The van der Waals surface area contributed by atoms with Gasteiger partial charge in [-0.2, -0.15) is 0 Å². The molecule has 1 aliphatic heterocycles. The van der Waals surface area contributed by atoms with E-state index in [0.717, 1.165) is 38.1 Å². The highest BCUT2D eigenvalue weighted by atomic mass is 16.5. The van der Waals surface area contributed by atoms with E-state index >= 15 is 0 Å². The third-order valence-corrected chi connectivity index (χ3v) is 4.06. The Morgan fingerprint density at radius 1 is 1.26 bits per heavy atom. The molecule has 1 saturated heterocycles. The second-order valence-electron chi connectivity index (χ2n) is 5.49. The number of carbonyl (C=O) groups excluding carboxylic acids is 1. The summed E-state index contributed by atoms with van der Waals surface area (Å²) in [6.07, 6.45) is 2.09. The summed E-state index contributed by atoms with van der Waals surface area (Å²) < 4.78 is 5.19. The molecule has 0 N–H and O–H groups in total. The van der Waals surface area contributed by atoms with Crippen LogP contribution in [0.2, 0.25) is 0 Å². The smallest absolute Gasteiger partial charge is 0.253 e. The summed E-state index contributed by atoms with van der Waals surface area (Å²) in [5.74, 6) is 0.771. The number of likely N-dealkylation sites (tertiary alicyclic amines) is 1. The zero-order chi connectivity index (χ0) is 13.8. The lowest BCUT2D eigenvalue weighted by molar-refractivity contribution is 0.0613. The standard InChI is InChI=1S/C16H23NO2/c1-12-4-5-15(10-13(12)2)16(18)17-8-6-14(7-9-17)11-19-3/h4-5,10,14H,6-9,11H2,1-3H3. The van der Waals surface area contributed by atoms with Gasteiger partial charge in [0, 0.05) is 32.4 Å². The van der Waals surface area contributed by atoms with Crippen molar-refractivity contribution in [2.24, 2.45) is 5.92 Å². The molecule has 3 heteroatoms. The number of hydrogen-bond donors (Lipinski definition) is 0. The maximum Gasteiger partial charge on any atom is 0.253 e. The SMILES string of the molecule is COCC1CCN(C(=O)c2ccc(C)c(C)c2)CC1. The fraction of sp³-hybridized carbons (Fsp3) is 0.562. The zero-order valence-corrected chi connectivity index (χ0v) is 12.1. The Bertz CT molecular complexity index is 448. The lowest BCUT2D eigenvalue weighted by Crippen LogP contribution is -2.39. The molecule has 0 atom stereocenters. The predicted octanol–water partition coefficient (Wildman–Crippen LogP) is 2.80. The van der Waals surface area contributed by atoms with Gasteiger partial charge in [0.15, 0.2) is 0 Å². The minimum Gasteiger partial charge on any atom is -0.384 e.